The molecule has 0 bridgehead atoms. The molecule has 1 aliphatic heterocycles. The first-order valence-corrected chi connectivity index (χ1v) is 10.6. The van der Waals surface area contributed by atoms with Gasteiger partial charge in [0.25, 0.3) is 0 Å². The lowest BCUT2D eigenvalue weighted by Crippen LogP contribution is -2.48. The van der Waals surface area contributed by atoms with Gasteiger partial charge in [0.05, 0.1) is 6.61 Å². The zero-order valence-electron chi connectivity index (χ0n) is 14.1. The Morgan fingerprint density at radius 1 is 1.38 bits per heavy atom. The van der Waals surface area contributed by atoms with Gasteiger partial charge in [-0.15, -0.1) is 0 Å². The van der Waals surface area contributed by atoms with Crippen molar-refractivity contribution in [2.24, 2.45) is 11.8 Å². The van der Waals surface area contributed by atoms with Crippen molar-refractivity contribution in [3.05, 3.63) is 0 Å². The standard InChI is InChI=1S/C15H29NO4Si/c1-7-19-14(18)12-8-11(9-16-13(12)17)10-20-21(5,6)15(2,3)4/h11-12H,7-10H2,1-6H3,(H,16,17). The summed E-state index contributed by atoms with van der Waals surface area (Å²) < 4.78 is 11.2. The maximum atomic E-state index is 11.8. The van der Waals surface area contributed by atoms with E-state index in [9.17, 15) is 9.59 Å². The average molecular weight is 315 g/mol. The first-order valence-electron chi connectivity index (χ1n) is 7.66. The van der Waals surface area contributed by atoms with Crippen LogP contribution in [0.5, 0.6) is 0 Å². The summed E-state index contributed by atoms with van der Waals surface area (Å²) in [6, 6.07) is 0. The van der Waals surface area contributed by atoms with Crippen molar-refractivity contribution in [1.82, 2.24) is 5.32 Å². The summed E-state index contributed by atoms with van der Waals surface area (Å²) in [7, 11) is -1.80. The second-order valence-electron chi connectivity index (χ2n) is 7.22. The lowest BCUT2D eigenvalue weighted by atomic mass is 9.90. The Labute approximate surface area is 128 Å². The summed E-state index contributed by atoms with van der Waals surface area (Å²) in [5.74, 6) is -1.16. The van der Waals surface area contributed by atoms with E-state index in [1.807, 2.05) is 0 Å². The quantitative estimate of drug-likeness (QED) is 0.480. The first-order chi connectivity index (χ1) is 9.58. The lowest BCUT2D eigenvalue weighted by Gasteiger charge is -2.38. The Balaban J connectivity index is 2.58. The van der Waals surface area contributed by atoms with E-state index < -0.39 is 20.2 Å². The molecule has 0 radical (unpaired) electrons. The predicted octanol–water partition coefficient (Wildman–Crippen LogP) is 2.32. The van der Waals surface area contributed by atoms with Gasteiger partial charge in [-0.05, 0) is 37.4 Å². The maximum Gasteiger partial charge on any atom is 0.318 e. The topological polar surface area (TPSA) is 64.6 Å². The van der Waals surface area contributed by atoms with E-state index in [1.165, 1.54) is 0 Å². The molecule has 1 fully saturated rings. The number of carbonyl (C=O) groups excluding carboxylic acids is 2. The van der Waals surface area contributed by atoms with Crippen molar-refractivity contribution in [2.45, 2.75) is 52.2 Å². The van der Waals surface area contributed by atoms with Gasteiger partial charge in [-0.1, -0.05) is 20.8 Å². The Kier molecular flexibility index (Phi) is 5.98. The SMILES string of the molecule is CCOC(=O)C1CC(CO[Si](C)(C)C(C)(C)C)CNC1=O. The summed E-state index contributed by atoms with van der Waals surface area (Å²) in [5.41, 5.74) is 0. The Hall–Kier alpha value is -0.883. The molecule has 2 unspecified atom stereocenters. The van der Waals surface area contributed by atoms with E-state index in [1.54, 1.807) is 6.92 Å². The van der Waals surface area contributed by atoms with Crippen molar-refractivity contribution in [1.29, 1.82) is 0 Å². The molecule has 122 valence electrons. The lowest BCUT2D eigenvalue weighted by molar-refractivity contribution is -0.154. The third kappa shape index (κ3) is 4.81. The van der Waals surface area contributed by atoms with Gasteiger partial charge in [-0.25, -0.2) is 0 Å². The predicted molar refractivity (Wildman–Crippen MR) is 84.4 cm³/mol. The number of nitrogens with one attached hydrogen (secondary N) is 1. The summed E-state index contributed by atoms with van der Waals surface area (Å²) in [5, 5.41) is 2.95. The van der Waals surface area contributed by atoms with Gasteiger partial charge in [0.2, 0.25) is 5.91 Å². The third-order valence-electron chi connectivity index (χ3n) is 4.51. The summed E-state index contributed by atoms with van der Waals surface area (Å²) in [6.45, 7) is 14.2. The van der Waals surface area contributed by atoms with Gasteiger partial charge in [0.1, 0.15) is 5.92 Å². The van der Waals surface area contributed by atoms with Crippen molar-refractivity contribution < 1.29 is 18.8 Å². The molecule has 0 spiro atoms. The molecule has 1 saturated heterocycles. The van der Waals surface area contributed by atoms with Crippen LogP contribution in [0.1, 0.15) is 34.1 Å². The molecular weight excluding hydrogens is 286 g/mol. The monoisotopic (exact) mass is 315 g/mol. The van der Waals surface area contributed by atoms with Gasteiger partial charge in [0.15, 0.2) is 8.32 Å². The van der Waals surface area contributed by atoms with Crippen LogP contribution in [0.3, 0.4) is 0 Å². The number of ether oxygens (including phenoxy) is 1. The number of esters is 1. The summed E-state index contributed by atoms with van der Waals surface area (Å²) >= 11 is 0. The molecule has 1 amide bonds. The second-order valence-corrected chi connectivity index (χ2v) is 12.0. The number of hydrogen-bond donors (Lipinski definition) is 1. The van der Waals surface area contributed by atoms with Crippen LogP contribution in [0, 0.1) is 11.8 Å². The molecule has 1 N–H and O–H groups in total. The molecule has 0 aromatic carbocycles. The maximum absolute atomic E-state index is 11.8. The molecule has 5 nitrogen and oxygen atoms in total. The number of carbonyl (C=O) groups is 2. The average Bonchev–Trinajstić information content (AvgIpc) is 2.36. The Bertz CT molecular complexity index is 390. The van der Waals surface area contributed by atoms with Crippen LogP contribution < -0.4 is 5.32 Å². The molecule has 0 aliphatic carbocycles. The van der Waals surface area contributed by atoms with E-state index >= 15 is 0 Å². The molecule has 2 atom stereocenters. The molecule has 0 saturated carbocycles. The van der Waals surface area contributed by atoms with Gasteiger partial charge < -0.3 is 14.5 Å². The zero-order valence-corrected chi connectivity index (χ0v) is 15.1. The fourth-order valence-electron chi connectivity index (χ4n) is 2.01. The van der Waals surface area contributed by atoms with E-state index in [-0.39, 0.29) is 16.9 Å². The fourth-order valence-corrected chi connectivity index (χ4v) is 3.09. The number of hydrogen-bond acceptors (Lipinski definition) is 4. The van der Waals surface area contributed by atoms with Crippen LogP contribution in [0.25, 0.3) is 0 Å². The summed E-state index contributed by atoms with van der Waals surface area (Å²) in [4.78, 5) is 23.6. The van der Waals surface area contributed by atoms with Crippen LogP contribution in [0.4, 0.5) is 0 Å². The number of amides is 1. The molecule has 1 aliphatic rings. The molecule has 6 heteroatoms. The third-order valence-corrected chi connectivity index (χ3v) is 9.01. The molecule has 21 heavy (non-hydrogen) atoms. The Morgan fingerprint density at radius 3 is 2.52 bits per heavy atom. The van der Waals surface area contributed by atoms with Gasteiger partial charge in [-0.2, -0.15) is 0 Å². The molecule has 0 aromatic rings. The largest absolute Gasteiger partial charge is 0.465 e. The van der Waals surface area contributed by atoms with E-state index in [2.05, 4.69) is 39.2 Å². The van der Waals surface area contributed by atoms with E-state index in [0.717, 1.165) is 0 Å². The van der Waals surface area contributed by atoms with Gasteiger partial charge in [-0.3, -0.25) is 9.59 Å². The highest BCUT2D eigenvalue weighted by molar-refractivity contribution is 6.74. The number of piperidine rings is 1. The van der Waals surface area contributed by atoms with Gasteiger partial charge >= 0.3 is 5.97 Å². The minimum Gasteiger partial charge on any atom is -0.465 e. The zero-order chi connectivity index (χ0) is 16.3. The second kappa shape index (κ2) is 6.92. The molecule has 0 aromatic heterocycles. The molecular formula is C15H29NO4Si. The highest BCUT2D eigenvalue weighted by Gasteiger charge is 2.39. The van der Waals surface area contributed by atoms with Crippen LogP contribution in [0.15, 0.2) is 0 Å². The highest BCUT2D eigenvalue weighted by Crippen LogP contribution is 2.37. The highest BCUT2D eigenvalue weighted by atomic mass is 28.4. The van der Waals surface area contributed by atoms with Crippen LogP contribution in [0.2, 0.25) is 18.1 Å². The molecule has 1 heterocycles. The minimum absolute atomic E-state index is 0.158. The van der Waals surface area contributed by atoms with Crippen LogP contribution >= 0.6 is 0 Å². The van der Waals surface area contributed by atoms with Crippen LogP contribution in [-0.2, 0) is 18.8 Å². The number of rotatable bonds is 5. The van der Waals surface area contributed by atoms with Crippen molar-refractivity contribution >= 4 is 20.2 Å². The van der Waals surface area contributed by atoms with E-state index in [0.29, 0.717) is 26.2 Å². The van der Waals surface area contributed by atoms with Crippen molar-refractivity contribution in [2.75, 3.05) is 19.8 Å². The van der Waals surface area contributed by atoms with Gasteiger partial charge in [0, 0.05) is 13.2 Å². The van der Waals surface area contributed by atoms with Crippen molar-refractivity contribution in [3.8, 4) is 0 Å². The first kappa shape index (κ1) is 18.2. The fraction of sp³-hybridized carbons (Fsp3) is 0.867. The molecule has 1 rings (SSSR count). The van der Waals surface area contributed by atoms with Crippen LogP contribution in [-0.4, -0.2) is 40.0 Å². The smallest absolute Gasteiger partial charge is 0.318 e. The van der Waals surface area contributed by atoms with Crippen molar-refractivity contribution in [3.63, 3.8) is 0 Å². The Morgan fingerprint density at radius 2 is 2.00 bits per heavy atom. The summed E-state index contributed by atoms with van der Waals surface area (Å²) in [6.07, 6.45) is 0.513. The minimum atomic E-state index is -1.80. The van der Waals surface area contributed by atoms with E-state index in [4.69, 9.17) is 9.16 Å². The normalized spacial score (nSPS) is 23.6.